The molecule has 0 aliphatic carbocycles. The van der Waals surface area contributed by atoms with E-state index in [1.807, 2.05) is 0 Å². The standard InChI is InChI=1S/C21H22F3NO3/c1-28-18-11-3-2-9-16(18)19(25-12-5-4-10-17(25)20(26)27)14-7-6-8-15(13-14)21(22,23)24/h2-3,6-9,11,13,17,19H,4-5,10,12H2,1H3,(H,26,27). The highest BCUT2D eigenvalue weighted by Gasteiger charge is 2.37. The number of piperidine rings is 1. The van der Waals surface area contributed by atoms with Crippen LogP contribution in [-0.4, -0.2) is 35.7 Å². The molecule has 1 aliphatic heterocycles. The zero-order valence-electron chi connectivity index (χ0n) is 15.4. The van der Waals surface area contributed by atoms with Crippen LogP contribution in [0.15, 0.2) is 48.5 Å². The molecule has 1 heterocycles. The monoisotopic (exact) mass is 393 g/mol. The fourth-order valence-corrected chi connectivity index (χ4v) is 3.86. The molecule has 0 bridgehead atoms. The number of hydrogen-bond donors (Lipinski definition) is 1. The van der Waals surface area contributed by atoms with E-state index in [-0.39, 0.29) is 0 Å². The normalized spacial score (nSPS) is 19.2. The van der Waals surface area contributed by atoms with Gasteiger partial charge in [0.25, 0.3) is 0 Å². The summed E-state index contributed by atoms with van der Waals surface area (Å²) >= 11 is 0. The number of halogens is 3. The first kappa shape index (κ1) is 20.2. The second-order valence-corrected chi connectivity index (χ2v) is 6.86. The zero-order chi connectivity index (χ0) is 20.3. The van der Waals surface area contributed by atoms with Crippen molar-refractivity contribution < 1.29 is 27.8 Å². The Balaban J connectivity index is 2.16. The van der Waals surface area contributed by atoms with E-state index in [1.54, 1.807) is 35.2 Å². The fraction of sp³-hybridized carbons (Fsp3) is 0.381. The first-order valence-electron chi connectivity index (χ1n) is 9.11. The first-order chi connectivity index (χ1) is 13.3. The van der Waals surface area contributed by atoms with Gasteiger partial charge in [-0.25, -0.2) is 0 Å². The van der Waals surface area contributed by atoms with Gasteiger partial charge in [-0.3, -0.25) is 9.69 Å². The molecule has 1 saturated heterocycles. The van der Waals surface area contributed by atoms with Gasteiger partial charge in [0.05, 0.1) is 18.7 Å². The number of para-hydroxylation sites is 1. The van der Waals surface area contributed by atoms with Crippen molar-refractivity contribution in [3.63, 3.8) is 0 Å². The van der Waals surface area contributed by atoms with Crippen LogP contribution in [-0.2, 0) is 11.0 Å². The molecule has 2 aromatic carbocycles. The molecular formula is C21H22F3NO3. The summed E-state index contributed by atoms with van der Waals surface area (Å²) in [4.78, 5) is 13.6. The second-order valence-electron chi connectivity index (χ2n) is 6.86. The number of carboxylic acid groups (broad SMARTS) is 1. The molecule has 2 unspecified atom stereocenters. The van der Waals surface area contributed by atoms with E-state index in [0.717, 1.165) is 25.0 Å². The Kier molecular flexibility index (Phi) is 5.93. The van der Waals surface area contributed by atoms with Crippen molar-refractivity contribution >= 4 is 5.97 Å². The van der Waals surface area contributed by atoms with Gasteiger partial charge in [-0.1, -0.05) is 36.8 Å². The summed E-state index contributed by atoms with van der Waals surface area (Å²) in [5, 5.41) is 9.71. The minimum Gasteiger partial charge on any atom is -0.496 e. The van der Waals surface area contributed by atoms with E-state index in [0.29, 0.717) is 29.8 Å². The van der Waals surface area contributed by atoms with E-state index in [1.165, 1.54) is 13.2 Å². The van der Waals surface area contributed by atoms with Gasteiger partial charge in [-0.2, -0.15) is 13.2 Å². The molecule has 0 amide bonds. The third-order valence-electron chi connectivity index (χ3n) is 5.12. The number of hydrogen-bond acceptors (Lipinski definition) is 3. The minimum atomic E-state index is -4.48. The van der Waals surface area contributed by atoms with Gasteiger partial charge in [0.15, 0.2) is 0 Å². The van der Waals surface area contributed by atoms with Crippen molar-refractivity contribution in [3.8, 4) is 5.75 Å². The van der Waals surface area contributed by atoms with Crippen molar-refractivity contribution in [2.24, 2.45) is 0 Å². The second kappa shape index (κ2) is 8.22. The zero-order valence-corrected chi connectivity index (χ0v) is 15.4. The van der Waals surface area contributed by atoms with E-state index >= 15 is 0 Å². The van der Waals surface area contributed by atoms with Crippen LogP contribution >= 0.6 is 0 Å². The number of benzene rings is 2. The summed E-state index contributed by atoms with van der Waals surface area (Å²) in [6.45, 7) is 0.482. The van der Waals surface area contributed by atoms with Crippen molar-refractivity contribution in [1.29, 1.82) is 0 Å². The van der Waals surface area contributed by atoms with Gasteiger partial charge in [-0.05, 0) is 43.1 Å². The van der Waals surface area contributed by atoms with Gasteiger partial charge < -0.3 is 9.84 Å². The van der Waals surface area contributed by atoms with Crippen LogP contribution in [0.2, 0.25) is 0 Å². The number of rotatable bonds is 5. The van der Waals surface area contributed by atoms with Gasteiger partial charge in [0.1, 0.15) is 11.8 Å². The maximum atomic E-state index is 13.3. The van der Waals surface area contributed by atoms with Gasteiger partial charge in [0.2, 0.25) is 0 Å². The van der Waals surface area contributed by atoms with E-state index in [4.69, 9.17) is 4.74 Å². The molecule has 2 aromatic rings. The number of carboxylic acids is 1. The number of aliphatic carboxylic acids is 1. The average molecular weight is 393 g/mol. The Bertz CT molecular complexity index is 838. The average Bonchev–Trinajstić information content (AvgIpc) is 2.68. The quantitative estimate of drug-likeness (QED) is 0.797. The van der Waals surface area contributed by atoms with Crippen molar-refractivity contribution in [1.82, 2.24) is 4.90 Å². The van der Waals surface area contributed by atoms with Gasteiger partial charge in [0, 0.05) is 5.56 Å². The number of nitrogens with zero attached hydrogens (tertiary/aromatic N) is 1. The van der Waals surface area contributed by atoms with Crippen LogP contribution in [0.4, 0.5) is 13.2 Å². The third kappa shape index (κ3) is 4.14. The lowest BCUT2D eigenvalue weighted by atomic mass is 9.90. The molecule has 0 spiro atoms. The van der Waals surface area contributed by atoms with E-state index < -0.39 is 29.8 Å². The highest BCUT2D eigenvalue weighted by molar-refractivity contribution is 5.73. The van der Waals surface area contributed by atoms with Crippen LogP contribution in [0.1, 0.15) is 42.0 Å². The molecule has 0 radical (unpaired) electrons. The van der Waals surface area contributed by atoms with Gasteiger partial charge >= 0.3 is 12.1 Å². The molecule has 1 fully saturated rings. The molecule has 1 N–H and O–H groups in total. The topological polar surface area (TPSA) is 49.8 Å². The summed E-state index contributed by atoms with van der Waals surface area (Å²) < 4.78 is 45.3. The Hall–Kier alpha value is -2.54. The Morgan fingerprint density at radius 1 is 1.18 bits per heavy atom. The number of methoxy groups -OCH3 is 1. The highest BCUT2D eigenvalue weighted by Crippen LogP contribution is 2.40. The SMILES string of the molecule is COc1ccccc1C(c1cccc(C(F)(F)F)c1)N1CCCCC1C(=O)O. The maximum absolute atomic E-state index is 13.3. The lowest BCUT2D eigenvalue weighted by molar-refractivity contribution is -0.145. The lowest BCUT2D eigenvalue weighted by Crippen LogP contribution is -2.47. The molecule has 3 rings (SSSR count). The summed E-state index contributed by atoms with van der Waals surface area (Å²) in [7, 11) is 1.49. The van der Waals surface area contributed by atoms with Crippen molar-refractivity contribution in [3.05, 3.63) is 65.2 Å². The number of alkyl halides is 3. The number of likely N-dealkylation sites (tertiary alicyclic amines) is 1. The van der Waals surface area contributed by atoms with Crippen molar-refractivity contribution in [2.75, 3.05) is 13.7 Å². The van der Waals surface area contributed by atoms with Gasteiger partial charge in [-0.15, -0.1) is 0 Å². The predicted molar refractivity (Wildman–Crippen MR) is 98.3 cm³/mol. The van der Waals surface area contributed by atoms with Crippen LogP contribution in [0, 0.1) is 0 Å². The molecule has 28 heavy (non-hydrogen) atoms. The van der Waals surface area contributed by atoms with Crippen LogP contribution in [0.25, 0.3) is 0 Å². The molecular weight excluding hydrogens is 371 g/mol. The summed E-state index contributed by atoms with van der Waals surface area (Å²) in [6, 6.07) is 10.7. The number of carbonyl (C=O) groups is 1. The van der Waals surface area contributed by atoms with E-state index in [2.05, 4.69) is 0 Å². The Labute approximate surface area is 161 Å². The minimum absolute atomic E-state index is 0.396. The largest absolute Gasteiger partial charge is 0.496 e. The van der Waals surface area contributed by atoms with Crippen LogP contribution in [0.5, 0.6) is 5.75 Å². The Morgan fingerprint density at radius 3 is 2.61 bits per heavy atom. The smallest absolute Gasteiger partial charge is 0.416 e. The summed E-state index contributed by atoms with van der Waals surface area (Å²) in [5.74, 6) is -0.453. The summed E-state index contributed by atoms with van der Waals surface area (Å²) in [6.07, 6.45) is -2.46. The van der Waals surface area contributed by atoms with Crippen molar-refractivity contribution in [2.45, 2.75) is 37.5 Å². The van der Waals surface area contributed by atoms with E-state index in [9.17, 15) is 23.1 Å². The van der Waals surface area contributed by atoms with Crippen LogP contribution < -0.4 is 4.74 Å². The third-order valence-corrected chi connectivity index (χ3v) is 5.12. The molecule has 7 heteroatoms. The highest BCUT2D eigenvalue weighted by atomic mass is 19.4. The first-order valence-corrected chi connectivity index (χ1v) is 9.11. The van der Waals surface area contributed by atoms with Crippen LogP contribution in [0.3, 0.4) is 0 Å². The fourth-order valence-electron chi connectivity index (χ4n) is 3.86. The molecule has 4 nitrogen and oxygen atoms in total. The Morgan fingerprint density at radius 2 is 1.93 bits per heavy atom. The molecule has 1 aliphatic rings. The molecule has 0 saturated carbocycles. The predicted octanol–water partition coefficient (Wildman–Crippen LogP) is 4.74. The molecule has 0 aromatic heterocycles. The maximum Gasteiger partial charge on any atom is 0.416 e. The molecule has 150 valence electrons. The summed E-state index contributed by atoms with van der Waals surface area (Å²) in [5.41, 5.74) is 0.290. The number of ether oxygens (including phenoxy) is 1. The molecule has 2 atom stereocenters. The lowest BCUT2D eigenvalue weighted by Gasteiger charge is -2.40.